The van der Waals surface area contributed by atoms with Crippen LogP contribution in [0.15, 0.2) is 59.2 Å². The third kappa shape index (κ3) is 6.76. The molecular formula is C27H33BrN2O7S. The lowest BCUT2D eigenvalue weighted by Crippen LogP contribution is -2.40. The van der Waals surface area contributed by atoms with Crippen LogP contribution in [-0.4, -0.2) is 58.5 Å². The summed E-state index contributed by atoms with van der Waals surface area (Å²) in [6.45, 7) is 1.70. The molecule has 9 nitrogen and oxygen atoms in total. The Bertz CT molecular complexity index is 1260. The van der Waals surface area contributed by atoms with Gasteiger partial charge in [-0.05, 0) is 47.1 Å². The molecule has 0 amide bonds. The first-order chi connectivity index (χ1) is 18.2. The summed E-state index contributed by atoms with van der Waals surface area (Å²) in [5.41, 5.74) is 1.86. The van der Waals surface area contributed by atoms with Gasteiger partial charge in [-0.2, -0.15) is 4.31 Å². The van der Waals surface area contributed by atoms with E-state index in [-0.39, 0.29) is 13.1 Å². The molecule has 0 N–H and O–H groups in total. The summed E-state index contributed by atoms with van der Waals surface area (Å²) < 4.78 is 58.0. The van der Waals surface area contributed by atoms with Crippen molar-refractivity contribution in [1.29, 1.82) is 0 Å². The first-order valence-electron chi connectivity index (χ1n) is 11.7. The summed E-state index contributed by atoms with van der Waals surface area (Å²) in [5.74, 6) is 2.23. The Kier molecular flexibility index (Phi) is 10.4. The maximum atomic E-state index is 14.2. The minimum Gasteiger partial charge on any atom is -0.497 e. The van der Waals surface area contributed by atoms with E-state index in [0.29, 0.717) is 39.8 Å². The number of ether oxygens (including phenoxy) is 5. The molecule has 0 fully saturated rings. The average Bonchev–Trinajstić information content (AvgIpc) is 2.94. The first-order valence-corrected chi connectivity index (χ1v) is 14.0. The summed E-state index contributed by atoms with van der Waals surface area (Å²) in [6.07, 6.45) is 0.814. The molecule has 0 aliphatic rings. The molecule has 0 saturated heterocycles. The number of hydrogen-bond donors (Lipinski definition) is 0. The monoisotopic (exact) mass is 608 g/mol. The van der Waals surface area contributed by atoms with Gasteiger partial charge in [-0.15, -0.1) is 0 Å². The van der Waals surface area contributed by atoms with Crippen LogP contribution >= 0.6 is 15.9 Å². The van der Waals surface area contributed by atoms with Gasteiger partial charge in [0.25, 0.3) is 0 Å². The average molecular weight is 610 g/mol. The Hall–Kier alpha value is -2.86. The van der Waals surface area contributed by atoms with E-state index in [2.05, 4.69) is 20.9 Å². The number of halogens is 1. The summed E-state index contributed by atoms with van der Waals surface area (Å²) in [7, 11) is 3.70. The van der Waals surface area contributed by atoms with Crippen molar-refractivity contribution in [1.82, 2.24) is 9.29 Å². The second kappa shape index (κ2) is 13.3. The Morgan fingerprint density at radius 2 is 1.34 bits per heavy atom. The van der Waals surface area contributed by atoms with Crippen molar-refractivity contribution in [2.75, 3.05) is 35.5 Å². The lowest BCUT2D eigenvalue weighted by Gasteiger charge is -2.30. The van der Waals surface area contributed by atoms with E-state index in [1.54, 1.807) is 75.9 Å². The van der Waals surface area contributed by atoms with Gasteiger partial charge in [0.2, 0.25) is 10.0 Å². The third-order valence-corrected chi connectivity index (χ3v) is 8.87. The van der Waals surface area contributed by atoms with Crippen molar-refractivity contribution in [2.24, 2.45) is 0 Å². The molecule has 0 aliphatic heterocycles. The van der Waals surface area contributed by atoms with Crippen LogP contribution < -0.4 is 18.9 Å². The van der Waals surface area contributed by atoms with Crippen LogP contribution in [0.3, 0.4) is 0 Å². The third-order valence-electron chi connectivity index (χ3n) is 6.23. The van der Waals surface area contributed by atoms with Crippen molar-refractivity contribution in [3.63, 3.8) is 0 Å². The van der Waals surface area contributed by atoms with E-state index in [1.165, 1.54) is 25.6 Å². The van der Waals surface area contributed by atoms with Crippen molar-refractivity contribution in [2.45, 2.75) is 31.4 Å². The predicted octanol–water partition coefficient (Wildman–Crippen LogP) is 4.99. The van der Waals surface area contributed by atoms with Gasteiger partial charge in [0.05, 0.1) is 34.1 Å². The molecule has 38 heavy (non-hydrogen) atoms. The number of nitrogens with zero attached hydrogens (tertiary/aromatic N) is 2. The number of aromatic nitrogens is 1. The highest BCUT2D eigenvalue weighted by Crippen LogP contribution is 2.33. The Morgan fingerprint density at radius 1 is 0.816 bits per heavy atom. The quantitative estimate of drug-likeness (QED) is 0.268. The molecular weight excluding hydrogens is 576 g/mol. The van der Waals surface area contributed by atoms with Gasteiger partial charge in [0.1, 0.15) is 34.4 Å². The zero-order chi connectivity index (χ0) is 27.9. The van der Waals surface area contributed by atoms with Gasteiger partial charge >= 0.3 is 0 Å². The standard InChI is InChI=1S/C27H33BrN2O7S/c1-18(27(37-6)24-12-9-21(28)15-29-24)38(31,32)30(16-19-7-10-22(33-2)13-25(19)35-4)17-20-8-11-23(34-3)14-26(20)36-5/h7-15,18,27H,16-17H2,1-6H3/t18-,27-/m1/s1. The Balaban J connectivity index is 2.07. The molecule has 2 atom stereocenters. The molecule has 3 aromatic rings. The van der Waals surface area contributed by atoms with Gasteiger partial charge in [0, 0.05) is 54.1 Å². The lowest BCUT2D eigenvalue weighted by atomic mass is 10.1. The Labute approximate surface area is 232 Å². The van der Waals surface area contributed by atoms with Crippen LogP contribution in [-0.2, 0) is 27.8 Å². The highest BCUT2D eigenvalue weighted by atomic mass is 79.9. The van der Waals surface area contributed by atoms with E-state index in [1.807, 2.05) is 0 Å². The zero-order valence-corrected chi connectivity index (χ0v) is 24.7. The van der Waals surface area contributed by atoms with Crippen LogP contribution in [0.25, 0.3) is 0 Å². The number of rotatable bonds is 13. The molecule has 0 spiro atoms. The normalized spacial score (nSPS) is 13.2. The van der Waals surface area contributed by atoms with Crippen molar-refractivity contribution in [3.05, 3.63) is 76.0 Å². The number of hydrogen-bond acceptors (Lipinski definition) is 8. The fraction of sp³-hybridized carbons (Fsp3) is 0.370. The number of benzene rings is 2. The summed E-state index contributed by atoms with van der Waals surface area (Å²) in [5, 5.41) is -0.963. The maximum Gasteiger partial charge on any atom is 0.220 e. The van der Waals surface area contributed by atoms with Crippen molar-refractivity contribution in [3.8, 4) is 23.0 Å². The second-order valence-corrected chi connectivity index (χ2v) is 11.6. The van der Waals surface area contributed by atoms with E-state index in [0.717, 1.165) is 4.47 Å². The molecule has 2 aromatic carbocycles. The molecule has 206 valence electrons. The van der Waals surface area contributed by atoms with Crippen LogP contribution in [0.1, 0.15) is 29.8 Å². The fourth-order valence-electron chi connectivity index (χ4n) is 4.08. The van der Waals surface area contributed by atoms with Crippen LogP contribution in [0.2, 0.25) is 0 Å². The largest absolute Gasteiger partial charge is 0.497 e. The van der Waals surface area contributed by atoms with E-state index < -0.39 is 21.4 Å². The first kappa shape index (κ1) is 29.7. The summed E-state index contributed by atoms with van der Waals surface area (Å²) >= 11 is 3.37. The molecule has 0 bridgehead atoms. The lowest BCUT2D eigenvalue weighted by molar-refractivity contribution is 0.0968. The number of methoxy groups -OCH3 is 5. The molecule has 0 saturated carbocycles. The molecule has 11 heteroatoms. The molecule has 0 unspecified atom stereocenters. The number of sulfonamides is 1. The van der Waals surface area contributed by atoms with Gasteiger partial charge in [-0.1, -0.05) is 12.1 Å². The molecule has 1 heterocycles. The topological polar surface area (TPSA) is 96.4 Å². The summed E-state index contributed by atoms with van der Waals surface area (Å²) in [6, 6.07) is 14.1. The molecule has 0 radical (unpaired) electrons. The molecule has 1 aromatic heterocycles. The highest BCUT2D eigenvalue weighted by molar-refractivity contribution is 9.10. The fourth-order valence-corrected chi connectivity index (χ4v) is 5.99. The Morgan fingerprint density at radius 3 is 1.74 bits per heavy atom. The molecule has 3 rings (SSSR count). The van der Waals surface area contributed by atoms with Crippen molar-refractivity contribution < 1.29 is 32.1 Å². The van der Waals surface area contributed by atoms with Crippen LogP contribution in [0, 0.1) is 0 Å². The van der Waals surface area contributed by atoms with E-state index in [4.69, 9.17) is 23.7 Å². The molecule has 0 aliphatic carbocycles. The number of pyridine rings is 1. The zero-order valence-electron chi connectivity index (χ0n) is 22.3. The van der Waals surface area contributed by atoms with Gasteiger partial charge in [0.15, 0.2) is 0 Å². The second-order valence-electron chi connectivity index (χ2n) is 8.43. The summed E-state index contributed by atoms with van der Waals surface area (Å²) in [4.78, 5) is 4.38. The SMILES string of the molecule is COc1ccc(CN(Cc2ccc(OC)cc2OC)S(=O)(=O)[C@H](C)[C@@H](OC)c2ccc(Br)cn2)c(OC)c1. The van der Waals surface area contributed by atoms with Crippen LogP contribution in [0.5, 0.6) is 23.0 Å². The van der Waals surface area contributed by atoms with Gasteiger partial charge in [-0.3, -0.25) is 4.98 Å². The van der Waals surface area contributed by atoms with E-state index in [9.17, 15) is 8.42 Å². The van der Waals surface area contributed by atoms with Crippen molar-refractivity contribution >= 4 is 26.0 Å². The predicted molar refractivity (Wildman–Crippen MR) is 148 cm³/mol. The smallest absolute Gasteiger partial charge is 0.220 e. The van der Waals surface area contributed by atoms with Gasteiger partial charge < -0.3 is 23.7 Å². The maximum absolute atomic E-state index is 14.2. The minimum absolute atomic E-state index is 0.0409. The van der Waals surface area contributed by atoms with E-state index >= 15 is 0 Å². The van der Waals surface area contributed by atoms with Crippen LogP contribution in [0.4, 0.5) is 0 Å². The highest BCUT2D eigenvalue weighted by Gasteiger charge is 2.37. The van der Waals surface area contributed by atoms with Gasteiger partial charge in [-0.25, -0.2) is 8.42 Å². The minimum atomic E-state index is -3.97.